The van der Waals surface area contributed by atoms with Crippen molar-refractivity contribution in [3.05, 3.63) is 0 Å². The molecule has 0 bridgehead atoms. The molecular weight excluding hydrogens is 734 g/mol. The maximum Gasteiger partial charge on any atom is 0.0594 e. The Morgan fingerprint density at radius 2 is 0.300 bits per heavy atom. The van der Waals surface area contributed by atoms with Gasteiger partial charge in [-0.15, -0.1) is 0 Å². The summed E-state index contributed by atoms with van der Waals surface area (Å²) in [5, 5.41) is 0. The van der Waals surface area contributed by atoms with Crippen LogP contribution in [0.4, 0.5) is 0 Å². The highest BCUT2D eigenvalue weighted by molar-refractivity contribution is 7.75. The molecule has 304 valence electrons. The van der Waals surface area contributed by atoms with Gasteiger partial charge in [-0.1, -0.05) is 233 Å². The molecule has 0 aliphatic rings. The van der Waals surface area contributed by atoms with E-state index in [0.29, 0.717) is 0 Å². The summed E-state index contributed by atoms with van der Waals surface area (Å²) >= 11 is 0. The molecule has 0 unspecified atom stereocenters. The van der Waals surface area contributed by atoms with E-state index in [1.165, 1.54) is 231 Å². The molecule has 0 N–H and O–H groups in total. The molecule has 0 fully saturated rings. The van der Waals surface area contributed by atoms with Crippen LogP contribution >= 0.6 is 7.26 Å². The molecule has 0 aliphatic heterocycles. The van der Waals surface area contributed by atoms with Crippen LogP contribution in [-0.2, 0) is 0 Å². The van der Waals surface area contributed by atoms with E-state index in [2.05, 4.69) is 27.7 Å². The molecule has 0 radical (unpaired) electrons. The molecule has 0 aromatic heterocycles. The van der Waals surface area contributed by atoms with E-state index in [-0.39, 0.29) is 24.0 Å². The summed E-state index contributed by atoms with van der Waals surface area (Å²) < 4.78 is 0. The zero-order chi connectivity index (χ0) is 35.6. The Bertz CT molecular complexity index is 475. The van der Waals surface area contributed by atoms with Crippen molar-refractivity contribution >= 4 is 7.26 Å². The van der Waals surface area contributed by atoms with E-state index in [4.69, 9.17) is 0 Å². The topological polar surface area (TPSA) is 0 Å². The molecule has 0 amide bonds. The lowest BCUT2D eigenvalue weighted by atomic mass is 10.1. The van der Waals surface area contributed by atoms with Gasteiger partial charge in [-0.3, -0.25) is 0 Å². The summed E-state index contributed by atoms with van der Waals surface area (Å²) in [6.07, 6.45) is 66.2. The van der Waals surface area contributed by atoms with Crippen LogP contribution in [0.1, 0.15) is 285 Å². The number of hydrogen-bond donors (Lipinski definition) is 0. The Labute approximate surface area is 338 Å². The van der Waals surface area contributed by atoms with Gasteiger partial charge in [0.25, 0.3) is 0 Å². The third-order valence-corrected chi connectivity index (χ3v) is 17.0. The lowest BCUT2D eigenvalue weighted by molar-refractivity contribution is -0.0000110. The van der Waals surface area contributed by atoms with E-state index in [1.807, 2.05) is 0 Å². The summed E-state index contributed by atoms with van der Waals surface area (Å²) in [5.74, 6) is 0. The maximum absolute atomic E-state index is 2.34. The van der Waals surface area contributed by atoms with Crippen molar-refractivity contribution in [1.82, 2.24) is 0 Å². The van der Waals surface area contributed by atoms with Gasteiger partial charge in [-0.05, 0) is 51.4 Å². The lowest BCUT2D eigenvalue weighted by Crippen LogP contribution is -3.00. The molecule has 0 nitrogen and oxygen atoms in total. The van der Waals surface area contributed by atoms with Crippen molar-refractivity contribution in [2.75, 3.05) is 24.6 Å². The van der Waals surface area contributed by atoms with Gasteiger partial charge in [0.15, 0.2) is 0 Å². The Hall–Kier alpha value is 1.16. The zero-order valence-corrected chi connectivity index (χ0v) is 39.0. The molecule has 0 saturated heterocycles. The van der Waals surface area contributed by atoms with Crippen LogP contribution in [0.2, 0.25) is 0 Å². The smallest absolute Gasteiger partial charge is 0.0594 e. The fourth-order valence-electron chi connectivity index (χ4n) is 8.41. The van der Waals surface area contributed by atoms with Crippen molar-refractivity contribution in [2.45, 2.75) is 285 Å². The van der Waals surface area contributed by atoms with Crippen molar-refractivity contribution in [3.8, 4) is 0 Å². The van der Waals surface area contributed by atoms with Gasteiger partial charge >= 0.3 is 0 Å². The normalized spacial score (nSPS) is 11.8. The van der Waals surface area contributed by atoms with Crippen molar-refractivity contribution in [1.29, 1.82) is 0 Å². The van der Waals surface area contributed by atoms with E-state index >= 15 is 0 Å². The Balaban J connectivity index is 0. The zero-order valence-electron chi connectivity index (χ0n) is 35.9. The number of hydrogen-bond acceptors (Lipinski definition) is 0. The van der Waals surface area contributed by atoms with Gasteiger partial charge in [-0.25, -0.2) is 0 Å². The molecule has 0 spiro atoms. The van der Waals surface area contributed by atoms with Crippen LogP contribution < -0.4 is 24.0 Å². The summed E-state index contributed by atoms with van der Waals surface area (Å²) in [6.45, 7) is 9.36. The van der Waals surface area contributed by atoms with E-state index in [1.54, 1.807) is 50.3 Å². The van der Waals surface area contributed by atoms with Gasteiger partial charge < -0.3 is 24.0 Å². The van der Waals surface area contributed by atoms with Gasteiger partial charge in [0.1, 0.15) is 0 Å². The second-order valence-electron chi connectivity index (χ2n) is 17.0. The third-order valence-electron chi connectivity index (χ3n) is 11.9. The highest BCUT2D eigenvalue weighted by atomic mass is 127. The Kier molecular flexibility index (Phi) is 49.3. The van der Waals surface area contributed by atoms with Gasteiger partial charge in [0, 0.05) is 7.26 Å². The van der Waals surface area contributed by atoms with Crippen molar-refractivity contribution in [3.63, 3.8) is 0 Å². The van der Waals surface area contributed by atoms with Crippen LogP contribution in [0.5, 0.6) is 0 Å². The first-order valence-electron chi connectivity index (χ1n) is 24.1. The van der Waals surface area contributed by atoms with Crippen molar-refractivity contribution < 1.29 is 24.0 Å². The molecule has 0 atom stereocenters. The predicted octanol–water partition coefficient (Wildman–Crippen LogP) is 15.7. The molecule has 0 aromatic carbocycles. The summed E-state index contributed by atoms with van der Waals surface area (Å²) in [6, 6.07) is 0. The summed E-state index contributed by atoms with van der Waals surface area (Å²) in [7, 11) is -0.792. The highest BCUT2D eigenvalue weighted by Crippen LogP contribution is 2.61. The minimum atomic E-state index is -0.792. The monoisotopic (exact) mass is 835 g/mol. The molecular formula is C48H100IP. The van der Waals surface area contributed by atoms with E-state index in [9.17, 15) is 0 Å². The van der Waals surface area contributed by atoms with Crippen LogP contribution in [0.15, 0.2) is 0 Å². The fraction of sp³-hybridized carbons (Fsp3) is 1.00. The first kappa shape index (κ1) is 53.3. The van der Waals surface area contributed by atoms with Gasteiger partial charge in [-0.2, -0.15) is 0 Å². The minimum absolute atomic E-state index is 0. The van der Waals surface area contributed by atoms with Crippen LogP contribution in [0.3, 0.4) is 0 Å². The number of unbranched alkanes of at least 4 members (excludes halogenated alkanes) is 36. The third kappa shape index (κ3) is 40.3. The Morgan fingerprint density at radius 3 is 0.440 bits per heavy atom. The van der Waals surface area contributed by atoms with Crippen molar-refractivity contribution in [2.24, 2.45) is 0 Å². The second-order valence-corrected chi connectivity index (χ2v) is 21.4. The molecule has 0 rings (SSSR count). The molecule has 0 aromatic rings. The standard InChI is InChI=1S/C48H100P.HI/c1-5-9-13-17-21-25-29-33-37-41-45-49(46-42-38-34-30-26-22-18-14-10-6-2,47-43-39-35-31-27-23-19-15-11-7-3)48-44-40-36-32-28-24-20-16-12-8-4;/h5-48H2,1-4H3;1H/q+1;/p-1. The quantitative estimate of drug-likeness (QED) is 0.0326. The van der Waals surface area contributed by atoms with Crippen LogP contribution in [0.25, 0.3) is 0 Å². The molecule has 2 heteroatoms. The average Bonchev–Trinajstić information content (AvgIpc) is 3.11. The first-order valence-corrected chi connectivity index (χ1v) is 26.6. The predicted molar refractivity (Wildman–Crippen MR) is 234 cm³/mol. The minimum Gasteiger partial charge on any atom is -1.00 e. The van der Waals surface area contributed by atoms with E-state index < -0.39 is 7.26 Å². The summed E-state index contributed by atoms with van der Waals surface area (Å²) in [4.78, 5) is 0. The SMILES string of the molecule is CCCCCCCCCCCC[P+](CCCCCCCCCCCC)(CCCCCCCCCCCC)CCCCCCCCCCCC.[I-]. The molecule has 0 aliphatic carbocycles. The molecule has 0 heterocycles. The van der Waals surface area contributed by atoms with Gasteiger partial charge in [0.2, 0.25) is 0 Å². The maximum atomic E-state index is 2.34. The second kappa shape index (κ2) is 46.3. The van der Waals surface area contributed by atoms with Crippen LogP contribution in [0, 0.1) is 0 Å². The first-order chi connectivity index (χ1) is 24.2. The Morgan fingerprint density at radius 1 is 0.180 bits per heavy atom. The van der Waals surface area contributed by atoms with Gasteiger partial charge in [0.05, 0.1) is 24.6 Å². The number of rotatable bonds is 44. The fourth-order valence-corrected chi connectivity index (χ4v) is 13.3. The van der Waals surface area contributed by atoms with E-state index in [0.717, 1.165) is 0 Å². The molecule has 50 heavy (non-hydrogen) atoms. The summed E-state index contributed by atoms with van der Waals surface area (Å²) in [5.41, 5.74) is 0. The van der Waals surface area contributed by atoms with Crippen LogP contribution in [-0.4, -0.2) is 24.6 Å². The molecule has 0 saturated carbocycles. The highest BCUT2D eigenvalue weighted by Gasteiger charge is 2.35. The largest absolute Gasteiger partial charge is 1.00 e. The lowest BCUT2D eigenvalue weighted by Gasteiger charge is -2.28. The number of halogens is 1. The average molecular weight is 835 g/mol.